The lowest BCUT2D eigenvalue weighted by Crippen LogP contribution is -2.32. The molecule has 0 atom stereocenters. The van der Waals surface area contributed by atoms with Crippen LogP contribution in [0.15, 0.2) is 48.5 Å². The Morgan fingerprint density at radius 2 is 1.14 bits per heavy atom. The Hall–Kier alpha value is -3.02. The summed E-state index contributed by atoms with van der Waals surface area (Å²) in [7, 11) is 0. The number of halogens is 1. The number of hydrogen-bond acceptors (Lipinski definition) is 3. The van der Waals surface area contributed by atoms with E-state index in [4.69, 9.17) is 0 Å². The second kappa shape index (κ2) is 8.78. The zero-order valence-corrected chi connectivity index (χ0v) is 15.7. The van der Waals surface area contributed by atoms with Gasteiger partial charge in [-0.25, -0.2) is 4.39 Å². The van der Waals surface area contributed by atoms with Crippen molar-refractivity contribution in [3.05, 3.63) is 59.9 Å². The lowest BCUT2D eigenvalue weighted by atomic mass is 9.81. The Morgan fingerprint density at radius 3 is 1.54 bits per heavy atom. The van der Waals surface area contributed by atoms with Gasteiger partial charge in [0.05, 0.1) is 0 Å². The van der Waals surface area contributed by atoms with Gasteiger partial charge in [-0.05, 0) is 81.1 Å². The molecule has 0 aromatic heterocycles. The molecule has 28 heavy (non-hydrogen) atoms. The second-order valence-electron chi connectivity index (χ2n) is 7.17. The van der Waals surface area contributed by atoms with E-state index in [1.165, 1.54) is 31.2 Å². The van der Waals surface area contributed by atoms with E-state index < -0.39 is 0 Å². The highest BCUT2D eigenvalue weighted by molar-refractivity contribution is 5.96. The molecule has 1 fully saturated rings. The molecule has 6 heteroatoms. The molecule has 3 rings (SSSR count). The summed E-state index contributed by atoms with van der Waals surface area (Å²) in [6, 6.07) is 12.5. The summed E-state index contributed by atoms with van der Waals surface area (Å²) in [5, 5.41) is 5.68. The van der Waals surface area contributed by atoms with Gasteiger partial charge in [0.1, 0.15) is 5.82 Å². The number of nitrogens with one attached hydrogen (secondary N) is 2. The number of hydrogen-bond donors (Lipinski definition) is 2. The maximum Gasteiger partial charge on any atom is 0.227 e. The SMILES string of the molecule is CC(=O)c1ccc(NC(=O)C2CCC(C(=O)Nc3ccc(F)cc3)CC2)cc1. The summed E-state index contributed by atoms with van der Waals surface area (Å²) in [4.78, 5) is 36.2. The first-order valence-corrected chi connectivity index (χ1v) is 9.40. The Balaban J connectivity index is 1.48. The molecule has 1 aliphatic rings. The van der Waals surface area contributed by atoms with Gasteiger partial charge in [-0.15, -0.1) is 0 Å². The minimum atomic E-state index is -0.347. The van der Waals surface area contributed by atoms with Crippen molar-refractivity contribution in [2.75, 3.05) is 10.6 Å². The number of rotatable bonds is 5. The summed E-state index contributed by atoms with van der Waals surface area (Å²) in [5.74, 6) is -0.805. The zero-order valence-electron chi connectivity index (χ0n) is 15.7. The molecular formula is C22H23FN2O3. The number of ketones is 1. The molecule has 0 radical (unpaired) electrons. The number of carbonyl (C=O) groups excluding carboxylic acids is 3. The van der Waals surface area contributed by atoms with Crippen LogP contribution >= 0.6 is 0 Å². The van der Waals surface area contributed by atoms with Crippen molar-refractivity contribution in [3.8, 4) is 0 Å². The van der Waals surface area contributed by atoms with Crippen LogP contribution in [0.25, 0.3) is 0 Å². The van der Waals surface area contributed by atoms with Gasteiger partial charge >= 0.3 is 0 Å². The molecular weight excluding hydrogens is 359 g/mol. The Bertz CT molecular complexity index is 854. The lowest BCUT2D eigenvalue weighted by Gasteiger charge is -2.27. The van der Waals surface area contributed by atoms with Gasteiger partial charge in [0, 0.05) is 28.8 Å². The van der Waals surface area contributed by atoms with Crippen LogP contribution < -0.4 is 10.6 Å². The van der Waals surface area contributed by atoms with Crippen molar-refractivity contribution in [1.82, 2.24) is 0 Å². The maximum absolute atomic E-state index is 12.9. The topological polar surface area (TPSA) is 75.3 Å². The van der Waals surface area contributed by atoms with Gasteiger partial charge in [0.25, 0.3) is 0 Å². The number of anilines is 2. The van der Waals surface area contributed by atoms with Crippen molar-refractivity contribution in [3.63, 3.8) is 0 Å². The summed E-state index contributed by atoms with van der Waals surface area (Å²) in [6.45, 7) is 1.50. The first-order valence-electron chi connectivity index (χ1n) is 9.40. The first kappa shape index (κ1) is 19.7. The largest absolute Gasteiger partial charge is 0.326 e. The van der Waals surface area contributed by atoms with Crippen LogP contribution in [-0.2, 0) is 9.59 Å². The first-order chi connectivity index (χ1) is 13.4. The average Bonchev–Trinajstić information content (AvgIpc) is 2.70. The van der Waals surface area contributed by atoms with Crippen LogP contribution in [0.4, 0.5) is 15.8 Å². The smallest absolute Gasteiger partial charge is 0.227 e. The summed E-state index contributed by atoms with van der Waals surface area (Å²) < 4.78 is 12.9. The fraction of sp³-hybridized carbons (Fsp3) is 0.318. The van der Waals surface area contributed by atoms with E-state index in [1.807, 2.05) is 0 Å². The molecule has 1 saturated carbocycles. The van der Waals surface area contributed by atoms with Crippen LogP contribution in [0.2, 0.25) is 0 Å². The van der Waals surface area contributed by atoms with Gasteiger partial charge in [-0.2, -0.15) is 0 Å². The third-order valence-electron chi connectivity index (χ3n) is 5.14. The molecule has 2 N–H and O–H groups in total. The molecule has 146 valence electrons. The molecule has 0 spiro atoms. The quantitative estimate of drug-likeness (QED) is 0.752. The number of benzene rings is 2. The molecule has 0 saturated heterocycles. The number of amides is 2. The van der Waals surface area contributed by atoms with Crippen LogP contribution in [0.3, 0.4) is 0 Å². The third kappa shape index (κ3) is 5.03. The highest BCUT2D eigenvalue weighted by atomic mass is 19.1. The second-order valence-corrected chi connectivity index (χ2v) is 7.17. The predicted molar refractivity (Wildman–Crippen MR) is 106 cm³/mol. The minimum absolute atomic E-state index is 0.0184. The zero-order chi connectivity index (χ0) is 20.1. The fourth-order valence-electron chi connectivity index (χ4n) is 3.43. The number of Topliss-reactive ketones (excluding diaryl/α,β-unsaturated/α-hetero) is 1. The van der Waals surface area contributed by atoms with Crippen molar-refractivity contribution < 1.29 is 18.8 Å². The Labute approximate surface area is 163 Å². The van der Waals surface area contributed by atoms with Gasteiger partial charge in [-0.1, -0.05) is 0 Å². The van der Waals surface area contributed by atoms with E-state index in [0.29, 0.717) is 42.6 Å². The highest BCUT2D eigenvalue weighted by Gasteiger charge is 2.30. The summed E-state index contributed by atoms with van der Waals surface area (Å²) >= 11 is 0. The highest BCUT2D eigenvalue weighted by Crippen LogP contribution is 2.30. The van der Waals surface area contributed by atoms with Crippen molar-refractivity contribution in [2.24, 2.45) is 11.8 Å². The summed E-state index contributed by atoms with van der Waals surface area (Å²) in [6.07, 6.45) is 2.54. The van der Waals surface area contributed by atoms with Gasteiger partial charge in [0.2, 0.25) is 11.8 Å². The molecule has 5 nitrogen and oxygen atoms in total. The van der Waals surface area contributed by atoms with E-state index in [2.05, 4.69) is 10.6 Å². The van der Waals surface area contributed by atoms with E-state index in [0.717, 1.165) is 0 Å². The monoisotopic (exact) mass is 382 g/mol. The van der Waals surface area contributed by atoms with Gasteiger partial charge in [-0.3, -0.25) is 14.4 Å². The molecule has 2 amide bonds. The van der Waals surface area contributed by atoms with Gasteiger partial charge in [0.15, 0.2) is 5.78 Å². The molecule has 2 aromatic carbocycles. The van der Waals surface area contributed by atoms with Crippen LogP contribution in [0.1, 0.15) is 43.0 Å². The van der Waals surface area contributed by atoms with Crippen molar-refractivity contribution in [1.29, 1.82) is 0 Å². The molecule has 1 aliphatic carbocycles. The Morgan fingerprint density at radius 1 is 0.750 bits per heavy atom. The standard InChI is InChI=1S/C22H23FN2O3/c1-14(26)15-6-10-19(11-7-15)24-21(27)16-2-4-17(5-3-16)22(28)25-20-12-8-18(23)9-13-20/h6-13,16-17H,2-5H2,1H3,(H,24,27)(H,25,28). The van der Waals surface area contributed by atoms with Crippen molar-refractivity contribution >= 4 is 29.0 Å². The predicted octanol–water partition coefficient (Wildman–Crippen LogP) is 4.41. The lowest BCUT2D eigenvalue weighted by molar-refractivity contribution is -0.125. The van der Waals surface area contributed by atoms with E-state index in [1.54, 1.807) is 24.3 Å². The van der Waals surface area contributed by atoms with E-state index in [9.17, 15) is 18.8 Å². The van der Waals surface area contributed by atoms with Crippen molar-refractivity contribution in [2.45, 2.75) is 32.6 Å². The third-order valence-corrected chi connectivity index (χ3v) is 5.14. The normalized spacial score (nSPS) is 18.9. The molecule has 0 heterocycles. The van der Waals surface area contributed by atoms with Crippen LogP contribution in [0, 0.1) is 17.7 Å². The molecule has 0 unspecified atom stereocenters. The Kier molecular flexibility index (Phi) is 6.19. The molecule has 0 aliphatic heterocycles. The van der Waals surface area contributed by atoms with Gasteiger partial charge < -0.3 is 10.6 Å². The minimum Gasteiger partial charge on any atom is -0.326 e. The summed E-state index contributed by atoms with van der Waals surface area (Å²) in [5.41, 5.74) is 1.83. The van der Waals surface area contributed by atoms with E-state index >= 15 is 0 Å². The maximum atomic E-state index is 12.9. The van der Waals surface area contributed by atoms with Crippen LogP contribution in [0.5, 0.6) is 0 Å². The number of carbonyl (C=O) groups is 3. The van der Waals surface area contributed by atoms with Crippen LogP contribution in [-0.4, -0.2) is 17.6 Å². The average molecular weight is 382 g/mol. The molecule has 2 aromatic rings. The fourth-order valence-corrected chi connectivity index (χ4v) is 3.43. The van der Waals surface area contributed by atoms with E-state index in [-0.39, 0.29) is 35.3 Å². The molecule has 0 bridgehead atoms.